The third kappa shape index (κ3) is 24.6. The Balaban J connectivity index is 1.34. The summed E-state index contributed by atoms with van der Waals surface area (Å²) in [6.07, 6.45) is 43.0. The molecular formula is C57H87N3O3. The first kappa shape index (κ1) is 51.7. The first-order chi connectivity index (χ1) is 31.1. The number of aryl methyl sites for hydroxylation is 3. The summed E-state index contributed by atoms with van der Waals surface area (Å²) in [7, 11) is 0. The van der Waals surface area contributed by atoms with Crippen molar-refractivity contribution in [1.29, 1.82) is 0 Å². The maximum absolute atomic E-state index is 6.34. The number of ether oxygens (including phenoxy) is 3. The van der Waals surface area contributed by atoms with E-state index in [2.05, 4.69) is 90.3 Å². The predicted molar refractivity (Wildman–Crippen MR) is 266 cm³/mol. The topological polar surface area (TPSA) is 66.4 Å². The maximum Gasteiger partial charge on any atom is 0.331 e. The largest absolute Gasteiger partial charge is 0.424 e. The lowest BCUT2D eigenvalue weighted by molar-refractivity contribution is 0.362. The number of benzene rings is 3. The normalized spacial score (nSPS) is 11.3. The number of unbranched alkanes of at least 4 members (excludes halogenated alkanes) is 27. The second-order valence-corrected chi connectivity index (χ2v) is 18.2. The molecule has 0 bridgehead atoms. The van der Waals surface area contributed by atoms with E-state index in [0.29, 0.717) is 17.2 Å². The summed E-state index contributed by atoms with van der Waals surface area (Å²) < 4.78 is 19.0. The van der Waals surface area contributed by atoms with E-state index >= 15 is 0 Å². The van der Waals surface area contributed by atoms with E-state index in [1.54, 1.807) is 0 Å². The van der Waals surface area contributed by atoms with Crippen LogP contribution in [0.5, 0.6) is 35.3 Å². The van der Waals surface area contributed by atoms with Crippen molar-refractivity contribution < 1.29 is 14.2 Å². The van der Waals surface area contributed by atoms with Gasteiger partial charge in [0.25, 0.3) is 0 Å². The summed E-state index contributed by atoms with van der Waals surface area (Å²) in [5.41, 5.74) is 3.77. The van der Waals surface area contributed by atoms with Gasteiger partial charge in [-0.2, -0.15) is 0 Å². The number of hydrogen-bond acceptors (Lipinski definition) is 6. The monoisotopic (exact) mass is 862 g/mol. The lowest BCUT2D eigenvalue weighted by atomic mass is 10.0. The summed E-state index contributed by atoms with van der Waals surface area (Å²) in [5, 5.41) is 0. The summed E-state index contributed by atoms with van der Waals surface area (Å²) in [4.78, 5) is 13.9. The molecule has 0 radical (unpaired) electrons. The molecule has 63 heavy (non-hydrogen) atoms. The SMILES string of the molecule is CCCCCCCCCCCCc1cccc(Oc2nc(Oc3cccc(CCCCCCCCCCCC)c3)nc(Oc3cccc(CCCCCCCCCCCC)c3)n2)c1. The minimum absolute atomic E-state index is 0.147. The van der Waals surface area contributed by atoms with Crippen molar-refractivity contribution in [1.82, 2.24) is 15.0 Å². The smallest absolute Gasteiger partial charge is 0.331 e. The van der Waals surface area contributed by atoms with E-state index < -0.39 is 0 Å². The molecule has 0 aliphatic heterocycles. The first-order valence-electron chi connectivity index (χ1n) is 26.2. The van der Waals surface area contributed by atoms with Gasteiger partial charge in [-0.05, 0) is 91.6 Å². The molecule has 0 amide bonds. The fourth-order valence-electron chi connectivity index (χ4n) is 8.52. The predicted octanol–water partition coefficient (Wildman–Crippen LogP) is 18.6. The van der Waals surface area contributed by atoms with E-state index in [1.807, 2.05) is 18.2 Å². The molecule has 3 aromatic carbocycles. The van der Waals surface area contributed by atoms with Crippen molar-refractivity contribution in [3.05, 3.63) is 89.5 Å². The lowest BCUT2D eigenvalue weighted by Gasteiger charge is -2.11. The first-order valence-corrected chi connectivity index (χ1v) is 26.2. The van der Waals surface area contributed by atoms with Gasteiger partial charge in [-0.15, -0.1) is 15.0 Å². The Morgan fingerprint density at radius 3 is 0.746 bits per heavy atom. The molecule has 6 nitrogen and oxygen atoms in total. The van der Waals surface area contributed by atoms with Crippen molar-refractivity contribution >= 4 is 0 Å². The Hall–Kier alpha value is -3.93. The van der Waals surface area contributed by atoms with E-state index in [1.165, 1.54) is 209 Å². The maximum atomic E-state index is 6.34. The number of rotatable bonds is 39. The van der Waals surface area contributed by atoms with Gasteiger partial charge in [0.15, 0.2) is 0 Å². The molecule has 0 unspecified atom stereocenters. The molecule has 0 N–H and O–H groups in total. The van der Waals surface area contributed by atoms with Crippen LogP contribution in [0.4, 0.5) is 0 Å². The zero-order valence-electron chi connectivity index (χ0n) is 40.3. The molecule has 0 aliphatic carbocycles. The Kier molecular flexibility index (Phi) is 28.3. The van der Waals surface area contributed by atoms with Crippen molar-refractivity contribution in [3.8, 4) is 35.3 Å². The van der Waals surface area contributed by atoms with E-state index in [-0.39, 0.29) is 18.0 Å². The molecule has 1 heterocycles. The highest BCUT2D eigenvalue weighted by Gasteiger charge is 2.14. The molecule has 0 saturated heterocycles. The van der Waals surface area contributed by atoms with Crippen molar-refractivity contribution in [3.63, 3.8) is 0 Å². The Morgan fingerprint density at radius 2 is 0.508 bits per heavy atom. The zero-order valence-corrected chi connectivity index (χ0v) is 40.3. The van der Waals surface area contributed by atoms with E-state index in [4.69, 9.17) is 14.2 Å². The van der Waals surface area contributed by atoms with Crippen LogP contribution in [0.1, 0.15) is 230 Å². The van der Waals surface area contributed by atoms with Crippen LogP contribution in [-0.2, 0) is 19.3 Å². The number of hydrogen-bond donors (Lipinski definition) is 0. The molecule has 0 saturated carbocycles. The Labute approximate surface area is 385 Å². The van der Waals surface area contributed by atoms with Crippen LogP contribution in [0, 0.1) is 0 Å². The third-order valence-electron chi connectivity index (χ3n) is 12.4. The highest BCUT2D eigenvalue weighted by Crippen LogP contribution is 2.29. The van der Waals surface area contributed by atoms with Crippen LogP contribution in [-0.4, -0.2) is 15.0 Å². The zero-order chi connectivity index (χ0) is 44.3. The van der Waals surface area contributed by atoms with Gasteiger partial charge in [0, 0.05) is 0 Å². The van der Waals surface area contributed by atoms with Gasteiger partial charge in [-0.1, -0.05) is 231 Å². The van der Waals surface area contributed by atoms with Crippen molar-refractivity contribution in [2.75, 3.05) is 0 Å². The summed E-state index contributed by atoms with van der Waals surface area (Å²) in [6, 6.07) is 25.3. The van der Waals surface area contributed by atoms with Gasteiger partial charge in [-0.3, -0.25) is 0 Å². The van der Waals surface area contributed by atoms with Crippen LogP contribution in [0.15, 0.2) is 72.8 Å². The van der Waals surface area contributed by atoms with Crippen LogP contribution < -0.4 is 14.2 Å². The Bertz CT molecular complexity index is 1520. The Morgan fingerprint density at radius 1 is 0.286 bits per heavy atom. The highest BCUT2D eigenvalue weighted by atomic mass is 16.5. The van der Waals surface area contributed by atoms with Gasteiger partial charge in [-0.25, -0.2) is 0 Å². The second-order valence-electron chi connectivity index (χ2n) is 18.2. The van der Waals surface area contributed by atoms with E-state index in [9.17, 15) is 0 Å². The van der Waals surface area contributed by atoms with Gasteiger partial charge >= 0.3 is 18.0 Å². The summed E-state index contributed by atoms with van der Waals surface area (Å²) in [5.74, 6) is 2.08. The fraction of sp³-hybridized carbons (Fsp3) is 0.632. The lowest BCUT2D eigenvalue weighted by Crippen LogP contribution is -2.02. The van der Waals surface area contributed by atoms with Gasteiger partial charge in [0.05, 0.1) is 0 Å². The standard InChI is InChI=1S/C57H87N3O3/c1-4-7-10-13-16-19-22-25-28-31-37-49-40-34-43-52(46-49)61-55-58-56(62-53-44-35-41-50(47-53)38-32-29-26-23-20-17-14-11-8-5-2)60-57(59-55)63-54-45-36-42-51(48-54)39-33-30-27-24-21-18-15-12-9-6-3/h34-36,40-48H,4-33,37-39H2,1-3H3. The highest BCUT2D eigenvalue weighted by molar-refractivity contribution is 5.34. The number of nitrogens with zero attached hydrogens (tertiary/aromatic N) is 3. The quantitative estimate of drug-likeness (QED) is 0.0416. The minimum Gasteiger partial charge on any atom is -0.424 e. The average molecular weight is 862 g/mol. The van der Waals surface area contributed by atoms with Crippen LogP contribution >= 0.6 is 0 Å². The van der Waals surface area contributed by atoms with Crippen LogP contribution in [0.3, 0.4) is 0 Å². The van der Waals surface area contributed by atoms with E-state index in [0.717, 1.165) is 19.3 Å². The molecule has 348 valence electrons. The van der Waals surface area contributed by atoms with Crippen LogP contribution in [0.2, 0.25) is 0 Å². The molecule has 1 aromatic heterocycles. The molecule has 0 fully saturated rings. The third-order valence-corrected chi connectivity index (χ3v) is 12.4. The fourth-order valence-corrected chi connectivity index (χ4v) is 8.52. The second kappa shape index (κ2) is 34.5. The van der Waals surface area contributed by atoms with Crippen molar-refractivity contribution in [2.24, 2.45) is 0 Å². The summed E-state index contributed by atoms with van der Waals surface area (Å²) >= 11 is 0. The van der Waals surface area contributed by atoms with Gasteiger partial charge in [0.2, 0.25) is 0 Å². The summed E-state index contributed by atoms with van der Waals surface area (Å²) in [6.45, 7) is 6.85. The molecule has 4 rings (SSSR count). The van der Waals surface area contributed by atoms with Crippen molar-refractivity contribution in [2.45, 2.75) is 233 Å². The van der Waals surface area contributed by atoms with Gasteiger partial charge in [0.1, 0.15) is 17.2 Å². The number of aromatic nitrogens is 3. The molecule has 6 heteroatoms. The van der Waals surface area contributed by atoms with Gasteiger partial charge < -0.3 is 14.2 Å². The molecule has 0 atom stereocenters. The molecular weight excluding hydrogens is 775 g/mol. The minimum atomic E-state index is 0.147. The molecule has 0 aliphatic rings. The molecule has 0 spiro atoms. The van der Waals surface area contributed by atoms with Crippen LogP contribution in [0.25, 0.3) is 0 Å². The average Bonchev–Trinajstić information content (AvgIpc) is 3.28. The molecule has 4 aromatic rings.